The van der Waals surface area contributed by atoms with E-state index in [2.05, 4.69) is 0 Å². The topological polar surface area (TPSA) is 29.5 Å². The van der Waals surface area contributed by atoms with Crippen LogP contribution in [0.4, 0.5) is 0 Å². The lowest BCUT2D eigenvalue weighted by Gasteiger charge is -2.23. The second kappa shape index (κ2) is 3.68. The first-order chi connectivity index (χ1) is 4.83. The zero-order valence-corrected chi connectivity index (χ0v) is 6.30. The Labute approximate surface area is 60.9 Å². The molecule has 0 aromatic heterocycles. The summed E-state index contributed by atoms with van der Waals surface area (Å²) in [6, 6.07) is 0. The van der Waals surface area contributed by atoms with Crippen molar-refractivity contribution in [3.63, 3.8) is 0 Å². The predicted octanol–water partition coefficient (Wildman–Crippen LogP) is 0.603. The quantitative estimate of drug-likeness (QED) is 0.567. The van der Waals surface area contributed by atoms with Gasteiger partial charge in [-0.25, -0.2) is 0 Å². The van der Waals surface area contributed by atoms with Crippen molar-refractivity contribution < 1.29 is 9.63 Å². The molecule has 0 amide bonds. The monoisotopic (exact) mass is 143 g/mol. The van der Waals surface area contributed by atoms with Crippen LogP contribution < -0.4 is 0 Å². The van der Waals surface area contributed by atoms with Crippen LogP contribution in [0.1, 0.15) is 19.8 Å². The molecule has 1 rings (SSSR count). The molecule has 0 N–H and O–H groups in total. The average Bonchev–Trinajstić information content (AvgIpc) is 1.88. The molecule has 1 aliphatic heterocycles. The maximum absolute atomic E-state index is 10.8. The van der Waals surface area contributed by atoms with Crippen molar-refractivity contribution in [1.82, 2.24) is 5.06 Å². The highest BCUT2D eigenvalue weighted by molar-refractivity contribution is 5.80. The number of carbonyl (C=O) groups excluding carboxylic acids is 1. The molecule has 3 nitrogen and oxygen atoms in total. The molecule has 0 aromatic rings. The van der Waals surface area contributed by atoms with Crippen LogP contribution in [0.15, 0.2) is 0 Å². The number of piperidine rings is 1. The molecule has 0 bridgehead atoms. The van der Waals surface area contributed by atoms with Gasteiger partial charge >= 0.3 is 0 Å². The second-order valence-corrected chi connectivity index (χ2v) is 2.42. The van der Waals surface area contributed by atoms with Gasteiger partial charge in [0.2, 0.25) is 0 Å². The minimum Gasteiger partial charge on any atom is -0.299 e. The smallest absolute Gasteiger partial charge is 0.149 e. The van der Waals surface area contributed by atoms with Gasteiger partial charge in [-0.2, -0.15) is 5.06 Å². The Balaban J connectivity index is 2.25. The number of nitrogens with zero attached hydrogens (tertiary/aromatic N) is 1. The lowest BCUT2D eigenvalue weighted by Crippen LogP contribution is -2.35. The molecule has 1 aliphatic rings. The average molecular weight is 143 g/mol. The molecule has 0 atom stereocenters. The number of hydrogen-bond acceptors (Lipinski definition) is 3. The predicted molar refractivity (Wildman–Crippen MR) is 37.4 cm³/mol. The number of Topliss-reactive ketones (excluding diaryl/α,β-unsaturated/α-hetero) is 1. The highest BCUT2D eigenvalue weighted by Crippen LogP contribution is 2.05. The van der Waals surface area contributed by atoms with Gasteiger partial charge in [0.05, 0.1) is 13.2 Å². The van der Waals surface area contributed by atoms with Crippen LogP contribution in [-0.4, -0.2) is 30.5 Å². The number of ketones is 1. The maximum atomic E-state index is 10.8. The van der Waals surface area contributed by atoms with Crippen LogP contribution in [0, 0.1) is 0 Å². The molecule has 0 aliphatic carbocycles. The third-order valence-electron chi connectivity index (χ3n) is 1.53. The highest BCUT2D eigenvalue weighted by atomic mass is 16.7. The Hall–Kier alpha value is -0.410. The van der Waals surface area contributed by atoms with Gasteiger partial charge in [0.15, 0.2) is 0 Å². The molecule has 58 valence electrons. The summed E-state index contributed by atoms with van der Waals surface area (Å²) in [4.78, 5) is 16.0. The van der Waals surface area contributed by atoms with Crippen molar-refractivity contribution in [2.45, 2.75) is 19.8 Å². The summed E-state index contributed by atoms with van der Waals surface area (Å²) in [5.41, 5.74) is 0. The second-order valence-electron chi connectivity index (χ2n) is 2.42. The van der Waals surface area contributed by atoms with Crippen LogP contribution in [-0.2, 0) is 9.63 Å². The van der Waals surface area contributed by atoms with Gasteiger partial charge in [-0.05, 0) is 13.3 Å². The van der Waals surface area contributed by atoms with Crippen LogP contribution in [0.25, 0.3) is 0 Å². The Morgan fingerprint density at radius 2 is 2.50 bits per heavy atom. The SMILES string of the molecule is CCON1CCCC(=O)C1. The fourth-order valence-electron chi connectivity index (χ4n) is 1.10. The van der Waals surface area contributed by atoms with E-state index in [4.69, 9.17) is 4.84 Å². The Morgan fingerprint density at radius 1 is 1.70 bits per heavy atom. The van der Waals surface area contributed by atoms with Crippen LogP contribution >= 0.6 is 0 Å². The molecule has 1 saturated heterocycles. The Bertz CT molecular complexity index is 123. The summed E-state index contributed by atoms with van der Waals surface area (Å²) in [6.07, 6.45) is 1.67. The van der Waals surface area contributed by atoms with Crippen molar-refractivity contribution in [2.24, 2.45) is 0 Å². The largest absolute Gasteiger partial charge is 0.299 e. The minimum atomic E-state index is 0.291. The number of carbonyl (C=O) groups is 1. The van der Waals surface area contributed by atoms with E-state index in [1.165, 1.54) is 0 Å². The molecule has 10 heavy (non-hydrogen) atoms. The standard InChI is InChI=1S/C7H13NO2/c1-2-10-8-5-3-4-7(9)6-8/h2-6H2,1H3. The summed E-state index contributed by atoms with van der Waals surface area (Å²) < 4.78 is 0. The molecule has 3 heteroatoms. The normalized spacial score (nSPS) is 21.5. The number of hydrogen-bond donors (Lipinski definition) is 0. The van der Waals surface area contributed by atoms with Crippen molar-refractivity contribution in [3.8, 4) is 0 Å². The van der Waals surface area contributed by atoms with Gasteiger partial charge in [-0.1, -0.05) is 0 Å². The van der Waals surface area contributed by atoms with Crippen molar-refractivity contribution >= 4 is 5.78 Å². The molecular weight excluding hydrogens is 130 g/mol. The third kappa shape index (κ3) is 2.08. The van der Waals surface area contributed by atoms with Crippen molar-refractivity contribution in [1.29, 1.82) is 0 Å². The molecular formula is C7H13NO2. The first kappa shape index (κ1) is 7.69. The first-order valence-corrected chi connectivity index (χ1v) is 3.72. The summed E-state index contributed by atoms with van der Waals surface area (Å²) in [7, 11) is 0. The molecule has 0 saturated carbocycles. The zero-order chi connectivity index (χ0) is 7.40. The van der Waals surface area contributed by atoms with E-state index in [-0.39, 0.29) is 0 Å². The molecule has 0 unspecified atom stereocenters. The van der Waals surface area contributed by atoms with E-state index in [0.717, 1.165) is 19.4 Å². The van der Waals surface area contributed by atoms with Gasteiger partial charge in [-0.3, -0.25) is 9.63 Å². The Kier molecular flexibility index (Phi) is 2.83. The van der Waals surface area contributed by atoms with Gasteiger partial charge in [-0.15, -0.1) is 0 Å². The molecule has 1 heterocycles. The zero-order valence-electron chi connectivity index (χ0n) is 6.30. The lowest BCUT2D eigenvalue weighted by molar-refractivity contribution is -0.171. The fraction of sp³-hybridized carbons (Fsp3) is 0.857. The van der Waals surface area contributed by atoms with E-state index < -0.39 is 0 Å². The van der Waals surface area contributed by atoms with Gasteiger partial charge in [0, 0.05) is 13.0 Å². The Morgan fingerprint density at radius 3 is 3.10 bits per heavy atom. The van der Waals surface area contributed by atoms with Gasteiger partial charge in [0.1, 0.15) is 5.78 Å². The van der Waals surface area contributed by atoms with E-state index >= 15 is 0 Å². The maximum Gasteiger partial charge on any atom is 0.149 e. The number of hydroxylamine groups is 2. The lowest BCUT2D eigenvalue weighted by atomic mass is 10.1. The van der Waals surface area contributed by atoms with Gasteiger partial charge in [0.25, 0.3) is 0 Å². The third-order valence-corrected chi connectivity index (χ3v) is 1.53. The summed E-state index contributed by atoms with van der Waals surface area (Å²) in [6.45, 7) is 3.97. The first-order valence-electron chi connectivity index (χ1n) is 3.72. The van der Waals surface area contributed by atoms with Crippen LogP contribution in [0.3, 0.4) is 0 Å². The van der Waals surface area contributed by atoms with E-state index in [1.54, 1.807) is 5.06 Å². The molecule has 0 spiro atoms. The molecule has 0 radical (unpaired) electrons. The molecule has 1 fully saturated rings. The number of rotatable bonds is 2. The fourth-order valence-corrected chi connectivity index (χ4v) is 1.10. The summed E-state index contributed by atoms with van der Waals surface area (Å²) in [5, 5.41) is 1.74. The van der Waals surface area contributed by atoms with Crippen LogP contribution in [0.5, 0.6) is 0 Å². The van der Waals surface area contributed by atoms with E-state index in [1.807, 2.05) is 6.92 Å². The summed E-state index contributed by atoms with van der Waals surface area (Å²) in [5.74, 6) is 0.291. The van der Waals surface area contributed by atoms with Crippen molar-refractivity contribution in [2.75, 3.05) is 19.7 Å². The van der Waals surface area contributed by atoms with E-state index in [0.29, 0.717) is 18.9 Å². The molecule has 0 aromatic carbocycles. The van der Waals surface area contributed by atoms with Gasteiger partial charge < -0.3 is 0 Å². The van der Waals surface area contributed by atoms with E-state index in [9.17, 15) is 4.79 Å². The van der Waals surface area contributed by atoms with Crippen molar-refractivity contribution in [3.05, 3.63) is 0 Å². The minimum absolute atomic E-state index is 0.291. The van der Waals surface area contributed by atoms with Crippen LogP contribution in [0.2, 0.25) is 0 Å². The summed E-state index contributed by atoms with van der Waals surface area (Å²) >= 11 is 0. The highest BCUT2D eigenvalue weighted by Gasteiger charge is 2.15.